The fourth-order valence-electron chi connectivity index (χ4n) is 3.00. The molecule has 1 saturated heterocycles. The average Bonchev–Trinajstić information content (AvgIpc) is 3.22. The maximum Gasteiger partial charge on any atom is 0.276 e. The molecule has 1 unspecified atom stereocenters. The van der Waals surface area contributed by atoms with Crippen LogP contribution in [0, 0.1) is 11.8 Å². The van der Waals surface area contributed by atoms with E-state index in [1.807, 2.05) is 55.4 Å². The lowest BCUT2D eigenvalue weighted by Gasteiger charge is -2.27. The van der Waals surface area contributed by atoms with E-state index in [1.54, 1.807) is 4.90 Å². The molecule has 1 aromatic rings. The highest BCUT2D eigenvalue weighted by atomic mass is 16.2. The quantitative estimate of drug-likeness (QED) is 0.597. The molecular weight excluding hydrogens is 318 g/mol. The van der Waals surface area contributed by atoms with Crippen LogP contribution < -0.4 is 10.3 Å². The predicted molar refractivity (Wildman–Crippen MR) is 93.4 cm³/mol. The minimum Gasteiger partial charge on any atom is -0.346 e. The standard InChI is InChI=1S/C17H20N7O/c1-21-9-10-24(3)16(12-21)18-13(20-24)6-7-14-19-15(11-22(14)2)23-8-4-5-17(23)25/h9-12H,4-5,8H2,1-3H3,(H,18,20)/q+1. The third-order valence-electron chi connectivity index (χ3n) is 4.47. The van der Waals surface area contributed by atoms with Crippen molar-refractivity contribution >= 4 is 17.6 Å². The summed E-state index contributed by atoms with van der Waals surface area (Å²) in [5.74, 6) is 8.95. The van der Waals surface area contributed by atoms with Crippen molar-refractivity contribution in [2.75, 3.05) is 25.5 Å². The number of quaternary nitrogens is 1. The van der Waals surface area contributed by atoms with Crippen LogP contribution in [-0.4, -0.2) is 51.4 Å². The summed E-state index contributed by atoms with van der Waals surface area (Å²) in [7, 11) is 5.84. The summed E-state index contributed by atoms with van der Waals surface area (Å²) in [5.41, 5.74) is 3.28. The van der Waals surface area contributed by atoms with Gasteiger partial charge in [-0.1, -0.05) is 0 Å². The summed E-state index contributed by atoms with van der Waals surface area (Å²) >= 11 is 0. The zero-order valence-corrected chi connectivity index (χ0v) is 14.5. The normalized spacial score (nSPS) is 24.5. The van der Waals surface area contributed by atoms with Crippen molar-refractivity contribution in [1.82, 2.24) is 19.9 Å². The number of hydrogen-bond acceptors (Lipinski definition) is 5. The van der Waals surface area contributed by atoms with Crippen molar-refractivity contribution in [3.63, 3.8) is 0 Å². The van der Waals surface area contributed by atoms with Crippen molar-refractivity contribution in [3.05, 3.63) is 36.4 Å². The summed E-state index contributed by atoms with van der Waals surface area (Å²) in [6.45, 7) is 0.723. The van der Waals surface area contributed by atoms with E-state index in [1.165, 1.54) is 0 Å². The van der Waals surface area contributed by atoms with Gasteiger partial charge in [0.15, 0.2) is 11.6 Å². The Bertz CT molecular complexity index is 898. The number of fused-ring (bicyclic) bond motifs is 1. The summed E-state index contributed by atoms with van der Waals surface area (Å²) in [5, 5.41) is 0. The summed E-state index contributed by atoms with van der Waals surface area (Å²) < 4.78 is 2.22. The number of aryl methyl sites for hydroxylation is 1. The van der Waals surface area contributed by atoms with Gasteiger partial charge in [0.1, 0.15) is 13.2 Å². The molecule has 4 heterocycles. The maximum atomic E-state index is 11.9. The second kappa shape index (κ2) is 5.50. The molecule has 1 aromatic heterocycles. The minimum atomic E-state index is 0.122. The number of carbonyl (C=O) groups is 1. The van der Waals surface area contributed by atoms with Crippen LogP contribution in [0.1, 0.15) is 18.7 Å². The minimum absolute atomic E-state index is 0.122. The molecule has 4 rings (SSSR count). The topological polar surface area (TPSA) is 65.8 Å². The lowest BCUT2D eigenvalue weighted by Crippen LogP contribution is -2.48. The fraction of sp³-hybridized carbons (Fsp3) is 0.353. The van der Waals surface area contributed by atoms with Gasteiger partial charge in [-0.25, -0.2) is 4.98 Å². The van der Waals surface area contributed by atoms with Crippen LogP contribution in [-0.2, 0) is 11.8 Å². The highest BCUT2D eigenvalue weighted by Crippen LogP contribution is 2.23. The molecule has 3 aliphatic rings. The first kappa shape index (κ1) is 15.5. The fourth-order valence-corrected chi connectivity index (χ4v) is 3.00. The summed E-state index contributed by atoms with van der Waals surface area (Å²) in [4.78, 5) is 24.6. The van der Waals surface area contributed by atoms with Gasteiger partial charge in [-0.15, -0.1) is 4.59 Å². The van der Waals surface area contributed by atoms with Gasteiger partial charge in [0.2, 0.25) is 11.7 Å². The lowest BCUT2D eigenvalue weighted by molar-refractivity contribution is -0.853. The SMILES string of the molecule is CN1C=C[N+]2(C)NC(C#Cc3nc(N4CCCC4=O)cn3C)=NC2=C1. The molecule has 8 heteroatoms. The molecule has 8 nitrogen and oxygen atoms in total. The highest BCUT2D eigenvalue weighted by molar-refractivity contribution is 5.99. The number of anilines is 1. The second-order valence-corrected chi connectivity index (χ2v) is 6.53. The van der Waals surface area contributed by atoms with E-state index in [0.29, 0.717) is 28.5 Å². The second-order valence-electron chi connectivity index (χ2n) is 6.53. The van der Waals surface area contributed by atoms with Crippen LogP contribution in [0.25, 0.3) is 0 Å². The van der Waals surface area contributed by atoms with E-state index in [4.69, 9.17) is 0 Å². The number of aromatic nitrogens is 2. The molecule has 3 aliphatic heterocycles. The third-order valence-corrected chi connectivity index (χ3v) is 4.47. The molecule has 0 bridgehead atoms. The first-order valence-corrected chi connectivity index (χ1v) is 8.17. The smallest absolute Gasteiger partial charge is 0.276 e. The van der Waals surface area contributed by atoms with Gasteiger partial charge >= 0.3 is 0 Å². The number of imidazole rings is 1. The molecule has 1 atom stereocenters. The van der Waals surface area contributed by atoms with Crippen molar-refractivity contribution in [3.8, 4) is 11.8 Å². The molecule has 0 saturated carbocycles. The van der Waals surface area contributed by atoms with Crippen LogP contribution in [0.15, 0.2) is 35.6 Å². The first-order valence-electron chi connectivity index (χ1n) is 8.17. The van der Waals surface area contributed by atoms with E-state index in [-0.39, 0.29) is 5.91 Å². The van der Waals surface area contributed by atoms with Gasteiger partial charge in [-0.3, -0.25) is 9.69 Å². The maximum absolute atomic E-state index is 11.9. The Morgan fingerprint density at radius 2 is 2.16 bits per heavy atom. The van der Waals surface area contributed by atoms with Crippen molar-refractivity contribution < 1.29 is 9.39 Å². The van der Waals surface area contributed by atoms with Crippen LogP contribution >= 0.6 is 0 Å². The third kappa shape index (κ3) is 2.68. The molecule has 1 fully saturated rings. The lowest BCUT2D eigenvalue weighted by atomic mass is 10.4. The number of nitrogens with zero attached hydrogens (tertiary/aromatic N) is 6. The van der Waals surface area contributed by atoms with E-state index < -0.39 is 0 Å². The highest BCUT2D eigenvalue weighted by Gasteiger charge is 2.36. The Hall–Kier alpha value is -3.05. The predicted octanol–water partition coefficient (Wildman–Crippen LogP) is 0.477. The average molecular weight is 338 g/mol. The van der Waals surface area contributed by atoms with Gasteiger partial charge in [-0.2, -0.15) is 10.4 Å². The van der Waals surface area contributed by atoms with Crippen molar-refractivity contribution in [1.29, 1.82) is 0 Å². The van der Waals surface area contributed by atoms with Crippen LogP contribution in [0.2, 0.25) is 0 Å². The van der Waals surface area contributed by atoms with Crippen molar-refractivity contribution in [2.45, 2.75) is 12.8 Å². The number of carbonyl (C=O) groups excluding carboxylic acids is 1. The number of rotatable bonds is 1. The van der Waals surface area contributed by atoms with Gasteiger partial charge in [0.25, 0.3) is 5.82 Å². The molecule has 0 radical (unpaired) electrons. The number of amidine groups is 1. The Labute approximate surface area is 146 Å². The van der Waals surface area contributed by atoms with E-state index in [0.717, 1.165) is 18.8 Å². The molecule has 0 aliphatic carbocycles. The number of nitrogens with one attached hydrogen (secondary N) is 1. The largest absolute Gasteiger partial charge is 0.346 e. The van der Waals surface area contributed by atoms with Crippen LogP contribution in [0.4, 0.5) is 5.82 Å². The van der Waals surface area contributed by atoms with E-state index in [9.17, 15) is 4.79 Å². The van der Waals surface area contributed by atoms with Crippen LogP contribution in [0.5, 0.6) is 0 Å². The molecule has 0 spiro atoms. The molecule has 0 aromatic carbocycles. The van der Waals surface area contributed by atoms with Gasteiger partial charge in [0.05, 0.1) is 12.4 Å². The summed E-state index contributed by atoms with van der Waals surface area (Å²) in [6.07, 6.45) is 9.25. The van der Waals surface area contributed by atoms with E-state index >= 15 is 0 Å². The summed E-state index contributed by atoms with van der Waals surface area (Å²) in [6, 6.07) is 0. The Kier molecular flexibility index (Phi) is 3.40. The number of aliphatic imine (C=N–C) groups is 1. The number of amides is 1. The van der Waals surface area contributed by atoms with Crippen LogP contribution in [0.3, 0.4) is 0 Å². The Balaban J connectivity index is 1.57. The Morgan fingerprint density at radius 1 is 1.32 bits per heavy atom. The first-order chi connectivity index (χ1) is 11.9. The molecular formula is C17H20N7O+. The Morgan fingerprint density at radius 3 is 2.92 bits per heavy atom. The van der Waals surface area contributed by atoms with Crippen molar-refractivity contribution in [2.24, 2.45) is 12.0 Å². The van der Waals surface area contributed by atoms with Gasteiger partial charge in [-0.05, 0) is 18.3 Å². The zero-order valence-electron chi connectivity index (χ0n) is 14.5. The zero-order chi connectivity index (χ0) is 17.6. The van der Waals surface area contributed by atoms with Gasteiger partial charge in [0, 0.05) is 33.3 Å². The van der Waals surface area contributed by atoms with Gasteiger partial charge < -0.3 is 9.47 Å². The number of hydrogen-bond donors (Lipinski definition) is 1. The van der Waals surface area contributed by atoms with E-state index in [2.05, 4.69) is 27.2 Å². The molecule has 1 amide bonds. The molecule has 1 N–H and O–H groups in total. The molecule has 128 valence electrons. The molecule has 25 heavy (non-hydrogen) atoms. The monoisotopic (exact) mass is 338 g/mol.